The minimum absolute atomic E-state index is 0.0467. The Morgan fingerprint density at radius 1 is 1.56 bits per heavy atom. The molecule has 0 amide bonds. The average molecular weight is 241 g/mol. The Morgan fingerprint density at radius 2 is 2.25 bits per heavy atom. The molecule has 0 aliphatic carbocycles. The van der Waals surface area contributed by atoms with Gasteiger partial charge in [0.15, 0.2) is 5.84 Å². The summed E-state index contributed by atoms with van der Waals surface area (Å²) in [5.74, 6) is 0.611. The van der Waals surface area contributed by atoms with E-state index in [2.05, 4.69) is 10.1 Å². The molecule has 0 bridgehead atoms. The first-order chi connectivity index (χ1) is 7.60. The minimum Gasteiger partial charge on any atom is -0.409 e. The molecular formula is C10H15N3O2S. The van der Waals surface area contributed by atoms with Gasteiger partial charge in [-0.2, -0.15) is 0 Å². The first kappa shape index (κ1) is 12.8. The van der Waals surface area contributed by atoms with Crippen molar-refractivity contribution in [1.29, 1.82) is 0 Å². The highest BCUT2D eigenvalue weighted by Gasteiger charge is 2.12. The lowest BCUT2D eigenvalue weighted by Crippen LogP contribution is -2.17. The molecule has 0 aromatic carbocycles. The molecule has 0 saturated heterocycles. The van der Waals surface area contributed by atoms with Crippen LogP contribution in [0.1, 0.15) is 17.0 Å². The molecule has 1 aromatic rings. The largest absolute Gasteiger partial charge is 0.409 e. The van der Waals surface area contributed by atoms with Crippen LogP contribution in [0.3, 0.4) is 0 Å². The molecule has 0 spiro atoms. The predicted molar refractivity (Wildman–Crippen MR) is 64.0 cm³/mol. The van der Waals surface area contributed by atoms with Gasteiger partial charge in [-0.3, -0.25) is 4.98 Å². The Balaban J connectivity index is 3.21. The summed E-state index contributed by atoms with van der Waals surface area (Å²) < 4.78 is 0. The summed E-state index contributed by atoms with van der Waals surface area (Å²) in [6.45, 7) is 3.77. The van der Waals surface area contributed by atoms with Crippen LogP contribution in [0.2, 0.25) is 0 Å². The Hall–Kier alpha value is -1.27. The number of thioether (sulfide) groups is 1. The van der Waals surface area contributed by atoms with Crippen LogP contribution in [0.25, 0.3) is 0 Å². The average Bonchev–Trinajstić information content (AvgIpc) is 2.24. The smallest absolute Gasteiger partial charge is 0.173 e. The molecule has 0 aliphatic rings. The van der Waals surface area contributed by atoms with Gasteiger partial charge in [0, 0.05) is 22.0 Å². The van der Waals surface area contributed by atoms with E-state index in [0.717, 1.165) is 16.3 Å². The Morgan fingerprint density at radius 3 is 2.81 bits per heavy atom. The summed E-state index contributed by atoms with van der Waals surface area (Å²) >= 11 is 1.46. The van der Waals surface area contributed by atoms with E-state index in [4.69, 9.17) is 16.0 Å². The number of hydrogen-bond donors (Lipinski definition) is 3. The van der Waals surface area contributed by atoms with Crippen LogP contribution in [0.15, 0.2) is 16.1 Å². The summed E-state index contributed by atoms with van der Waals surface area (Å²) in [6, 6.07) is 1.86. The Kier molecular flexibility index (Phi) is 4.57. The molecule has 4 N–H and O–H groups in total. The van der Waals surface area contributed by atoms with E-state index in [1.165, 1.54) is 11.8 Å². The van der Waals surface area contributed by atoms with E-state index in [9.17, 15) is 0 Å². The summed E-state index contributed by atoms with van der Waals surface area (Å²) in [4.78, 5) is 5.13. The topological polar surface area (TPSA) is 91.7 Å². The van der Waals surface area contributed by atoms with Gasteiger partial charge in [0.05, 0.1) is 12.2 Å². The number of rotatable bonds is 4. The van der Waals surface area contributed by atoms with Crippen LogP contribution in [0.5, 0.6) is 0 Å². The molecule has 0 aliphatic heterocycles. The highest BCUT2D eigenvalue weighted by Crippen LogP contribution is 2.25. The van der Waals surface area contributed by atoms with Gasteiger partial charge in [0.2, 0.25) is 0 Å². The van der Waals surface area contributed by atoms with E-state index in [-0.39, 0.29) is 12.4 Å². The van der Waals surface area contributed by atoms with Gasteiger partial charge in [-0.25, -0.2) is 0 Å². The van der Waals surface area contributed by atoms with Crippen LogP contribution in [0, 0.1) is 13.8 Å². The van der Waals surface area contributed by atoms with Crippen molar-refractivity contribution in [2.45, 2.75) is 18.7 Å². The second kappa shape index (κ2) is 5.72. The first-order valence-electron chi connectivity index (χ1n) is 4.80. The number of aryl methyl sites for hydroxylation is 2. The number of aromatic nitrogens is 1. The molecule has 5 nitrogen and oxygen atoms in total. The number of aliphatic hydroxyl groups is 1. The lowest BCUT2D eigenvalue weighted by Gasteiger charge is -2.11. The highest BCUT2D eigenvalue weighted by molar-refractivity contribution is 7.99. The van der Waals surface area contributed by atoms with Gasteiger partial charge in [0.1, 0.15) is 0 Å². The number of hydrogen-bond acceptors (Lipinski definition) is 5. The summed E-state index contributed by atoms with van der Waals surface area (Å²) in [7, 11) is 0. The lowest BCUT2D eigenvalue weighted by molar-refractivity contribution is 0.318. The Labute approximate surface area is 98.4 Å². The third kappa shape index (κ3) is 2.86. The molecule has 1 heterocycles. The van der Waals surface area contributed by atoms with Crippen molar-refractivity contribution in [1.82, 2.24) is 4.98 Å². The fourth-order valence-corrected chi connectivity index (χ4v) is 2.39. The van der Waals surface area contributed by atoms with Crippen molar-refractivity contribution in [2.24, 2.45) is 10.9 Å². The molecule has 0 saturated carbocycles. The summed E-state index contributed by atoms with van der Waals surface area (Å²) in [5.41, 5.74) is 7.82. The fraction of sp³-hybridized carbons (Fsp3) is 0.400. The van der Waals surface area contributed by atoms with Crippen molar-refractivity contribution < 1.29 is 10.3 Å². The zero-order valence-electron chi connectivity index (χ0n) is 9.27. The number of oxime groups is 1. The lowest BCUT2D eigenvalue weighted by atomic mass is 10.1. The van der Waals surface area contributed by atoms with Crippen LogP contribution >= 0.6 is 11.8 Å². The molecule has 1 aromatic heterocycles. The molecular weight excluding hydrogens is 226 g/mol. The second-order valence-electron chi connectivity index (χ2n) is 3.28. The maximum Gasteiger partial charge on any atom is 0.173 e. The molecule has 6 heteroatoms. The first-order valence-corrected chi connectivity index (χ1v) is 5.78. The summed E-state index contributed by atoms with van der Waals surface area (Å²) in [5, 5.41) is 20.5. The molecule has 1 rings (SSSR count). The molecule has 16 heavy (non-hydrogen) atoms. The highest BCUT2D eigenvalue weighted by atomic mass is 32.2. The zero-order valence-corrected chi connectivity index (χ0v) is 10.1. The number of nitrogens with two attached hydrogens (primary N) is 1. The van der Waals surface area contributed by atoms with E-state index in [1.807, 2.05) is 19.9 Å². The van der Waals surface area contributed by atoms with Crippen LogP contribution < -0.4 is 5.73 Å². The van der Waals surface area contributed by atoms with Crippen molar-refractivity contribution in [2.75, 3.05) is 12.4 Å². The van der Waals surface area contributed by atoms with E-state index in [1.54, 1.807) is 0 Å². The normalized spacial score (nSPS) is 11.8. The Bertz CT molecular complexity index is 407. The van der Waals surface area contributed by atoms with Gasteiger partial charge in [-0.05, 0) is 19.9 Å². The van der Waals surface area contributed by atoms with Crippen LogP contribution in [-0.4, -0.2) is 33.5 Å². The number of pyridine rings is 1. The van der Waals surface area contributed by atoms with E-state index < -0.39 is 0 Å². The third-order valence-corrected chi connectivity index (χ3v) is 3.02. The molecule has 0 radical (unpaired) electrons. The van der Waals surface area contributed by atoms with Gasteiger partial charge in [0.25, 0.3) is 0 Å². The molecule has 0 unspecified atom stereocenters. The SMILES string of the molecule is Cc1cc(SCCO)c(/C(N)=N/O)c(C)n1. The van der Waals surface area contributed by atoms with E-state index in [0.29, 0.717) is 11.3 Å². The molecule has 0 fully saturated rings. The van der Waals surface area contributed by atoms with Gasteiger partial charge in [-0.15, -0.1) is 11.8 Å². The van der Waals surface area contributed by atoms with Crippen molar-refractivity contribution in [3.05, 3.63) is 23.0 Å². The van der Waals surface area contributed by atoms with Gasteiger partial charge in [-0.1, -0.05) is 5.16 Å². The second-order valence-corrected chi connectivity index (χ2v) is 4.42. The monoisotopic (exact) mass is 241 g/mol. The fourth-order valence-electron chi connectivity index (χ4n) is 1.42. The number of amidine groups is 1. The maximum atomic E-state index is 8.81. The van der Waals surface area contributed by atoms with Crippen molar-refractivity contribution in [3.63, 3.8) is 0 Å². The van der Waals surface area contributed by atoms with Gasteiger partial charge < -0.3 is 16.0 Å². The van der Waals surface area contributed by atoms with Crippen LogP contribution in [0.4, 0.5) is 0 Å². The molecule has 0 atom stereocenters. The van der Waals surface area contributed by atoms with Crippen LogP contribution in [-0.2, 0) is 0 Å². The maximum absolute atomic E-state index is 8.81. The number of nitrogens with zero attached hydrogens (tertiary/aromatic N) is 2. The van der Waals surface area contributed by atoms with Crippen molar-refractivity contribution in [3.8, 4) is 0 Å². The number of aliphatic hydroxyl groups excluding tert-OH is 1. The third-order valence-electron chi connectivity index (χ3n) is 2.00. The molecule has 88 valence electrons. The minimum atomic E-state index is 0.0467. The standard InChI is InChI=1S/C10H15N3O2S/c1-6-5-8(16-4-3-14)9(7(2)12-6)10(11)13-15/h5,14-15H,3-4H2,1-2H3,(H2,11,13). The van der Waals surface area contributed by atoms with E-state index >= 15 is 0 Å². The van der Waals surface area contributed by atoms with Gasteiger partial charge >= 0.3 is 0 Å². The predicted octanol–water partition coefficient (Wildman–Crippen LogP) is 0.877. The van der Waals surface area contributed by atoms with Crippen molar-refractivity contribution >= 4 is 17.6 Å². The quantitative estimate of drug-likeness (QED) is 0.239. The summed E-state index contributed by atoms with van der Waals surface area (Å²) in [6.07, 6.45) is 0. The zero-order chi connectivity index (χ0) is 12.1.